The Kier molecular flexibility index (Phi) is 3.97. The van der Waals surface area contributed by atoms with Crippen LogP contribution < -0.4 is 16.6 Å². The molecule has 2 aromatic rings. The highest BCUT2D eigenvalue weighted by atomic mass is 16.2. The maximum Gasteiger partial charge on any atom is 0.332 e. The molecule has 0 radical (unpaired) electrons. The molecule has 2 bridgehead atoms. The Morgan fingerprint density at radius 2 is 2.00 bits per heavy atom. The molecule has 0 spiro atoms. The smallest absolute Gasteiger partial charge is 0.332 e. The van der Waals surface area contributed by atoms with Crippen LogP contribution in [-0.2, 0) is 14.1 Å². The quantitative estimate of drug-likeness (QED) is 0.895. The average molecular weight is 356 g/mol. The molecule has 4 atom stereocenters. The molecule has 7 heteroatoms. The molecular weight excluding hydrogens is 332 g/mol. The lowest BCUT2D eigenvalue weighted by molar-refractivity contribution is 0.0915. The van der Waals surface area contributed by atoms with Crippen molar-refractivity contribution < 1.29 is 4.79 Å². The van der Waals surface area contributed by atoms with Gasteiger partial charge in [-0.2, -0.15) is 0 Å². The van der Waals surface area contributed by atoms with Crippen LogP contribution in [0.5, 0.6) is 0 Å². The molecule has 2 aromatic heterocycles. The van der Waals surface area contributed by atoms with Crippen molar-refractivity contribution in [2.45, 2.75) is 38.6 Å². The van der Waals surface area contributed by atoms with Crippen molar-refractivity contribution in [3.05, 3.63) is 38.7 Å². The van der Waals surface area contributed by atoms with Gasteiger partial charge in [0.15, 0.2) is 0 Å². The lowest BCUT2D eigenvalue weighted by Gasteiger charge is -2.28. The fourth-order valence-electron chi connectivity index (χ4n) is 4.89. The van der Waals surface area contributed by atoms with E-state index in [1.807, 2.05) is 0 Å². The van der Waals surface area contributed by atoms with E-state index in [0.29, 0.717) is 11.5 Å². The molecule has 0 unspecified atom stereocenters. The van der Waals surface area contributed by atoms with Crippen LogP contribution in [0.3, 0.4) is 0 Å². The number of carbonyl (C=O) groups excluding carboxylic acids is 1. The summed E-state index contributed by atoms with van der Waals surface area (Å²) in [5.41, 5.74) is -0.234. The van der Waals surface area contributed by atoms with Gasteiger partial charge >= 0.3 is 5.69 Å². The summed E-state index contributed by atoms with van der Waals surface area (Å²) in [6, 6.07) is 1.64. The van der Waals surface area contributed by atoms with Gasteiger partial charge in [-0.25, -0.2) is 9.78 Å². The van der Waals surface area contributed by atoms with E-state index in [1.165, 1.54) is 49.6 Å². The molecule has 138 valence electrons. The summed E-state index contributed by atoms with van der Waals surface area (Å²) < 4.78 is 2.35. The van der Waals surface area contributed by atoms with E-state index in [-0.39, 0.29) is 23.0 Å². The number of nitrogens with zero attached hydrogens (tertiary/aromatic N) is 3. The predicted molar refractivity (Wildman–Crippen MR) is 98.1 cm³/mol. The van der Waals surface area contributed by atoms with E-state index < -0.39 is 11.2 Å². The fourth-order valence-corrected chi connectivity index (χ4v) is 4.89. The first-order valence-corrected chi connectivity index (χ1v) is 9.23. The van der Waals surface area contributed by atoms with Gasteiger partial charge in [0.2, 0.25) is 0 Å². The van der Waals surface area contributed by atoms with Gasteiger partial charge in [0.05, 0.1) is 10.9 Å². The van der Waals surface area contributed by atoms with Crippen LogP contribution in [0.25, 0.3) is 11.0 Å². The molecule has 0 aliphatic heterocycles. The van der Waals surface area contributed by atoms with Gasteiger partial charge in [-0.05, 0) is 50.0 Å². The standard InChI is InChI=1S/C19H24N4O3/c1-10(14-7-11-4-5-12(14)6-11)21-17(24)13-8-15-16(20-9-13)22(2)19(26)23(3)18(15)25/h8-12,14H,4-7H2,1-3H3,(H,21,24)/t10-,11-,12-,14-/m0/s1. The first-order chi connectivity index (χ1) is 12.4. The Morgan fingerprint density at radius 1 is 1.23 bits per heavy atom. The van der Waals surface area contributed by atoms with Crippen molar-refractivity contribution in [3.8, 4) is 0 Å². The maximum absolute atomic E-state index is 12.7. The number of hydrogen-bond donors (Lipinski definition) is 1. The van der Waals surface area contributed by atoms with Crippen molar-refractivity contribution in [1.82, 2.24) is 19.4 Å². The van der Waals surface area contributed by atoms with Crippen LogP contribution >= 0.6 is 0 Å². The first-order valence-electron chi connectivity index (χ1n) is 9.23. The highest BCUT2D eigenvalue weighted by molar-refractivity contribution is 5.96. The summed E-state index contributed by atoms with van der Waals surface area (Å²) in [5.74, 6) is 1.88. The second-order valence-electron chi connectivity index (χ2n) is 7.90. The van der Waals surface area contributed by atoms with E-state index >= 15 is 0 Å². The predicted octanol–water partition coefficient (Wildman–Crippen LogP) is 1.19. The molecule has 26 heavy (non-hydrogen) atoms. The third kappa shape index (κ3) is 2.57. The topological polar surface area (TPSA) is 86.0 Å². The normalized spacial score (nSPS) is 25.6. The number of aryl methyl sites for hydroxylation is 1. The number of nitrogens with one attached hydrogen (secondary N) is 1. The van der Waals surface area contributed by atoms with Crippen LogP contribution in [0, 0.1) is 17.8 Å². The number of rotatable bonds is 3. The summed E-state index contributed by atoms with van der Waals surface area (Å²) >= 11 is 0. The summed E-state index contributed by atoms with van der Waals surface area (Å²) in [7, 11) is 2.99. The van der Waals surface area contributed by atoms with Gasteiger partial charge in [-0.1, -0.05) is 6.42 Å². The highest BCUT2D eigenvalue weighted by Gasteiger charge is 2.42. The third-order valence-electron chi connectivity index (χ3n) is 6.35. The molecule has 0 saturated heterocycles. The van der Waals surface area contributed by atoms with Crippen molar-refractivity contribution in [2.75, 3.05) is 0 Å². The molecule has 1 N–H and O–H groups in total. The summed E-state index contributed by atoms with van der Waals surface area (Å²) in [6.07, 6.45) is 6.54. The zero-order valence-electron chi connectivity index (χ0n) is 15.4. The number of aromatic nitrogens is 3. The molecule has 7 nitrogen and oxygen atoms in total. The Labute approximate surface area is 151 Å². The van der Waals surface area contributed by atoms with Gasteiger partial charge in [0.25, 0.3) is 11.5 Å². The fraction of sp³-hybridized carbons (Fsp3) is 0.579. The van der Waals surface area contributed by atoms with Crippen LogP contribution in [-0.4, -0.2) is 26.1 Å². The Bertz CT molecular complexity index is 1010. The number of hydrogen-bond acceptors (Lipinski definition) is 4. The molecule has 2 aliphatic rings. The SMILES string of the molecule is C[C@H](NC(=O)c1cnc2c(c1)c(=O)n(C)c(=O)n2C)[C@@H]1C[C@H]2CC[C@H]1C2. The van der Waals surface area contributed by atoms with Gasteiger partial charge in [0, 0.05) is 26.3 Å². The zero-order chi connectivity index (χ0) is 18.6. The minimum atomic E-state index is -0.439. The number of amides is 1. The highest BCUT2D eigenvalue weighted by Crippen LogP contribution is 2.49. The van der Waals surface area contributed by atoms with Gasteiger partial charge in [-0.15, -0.1) is 0 Å². The minimum Gasteiger partial charge on any atom is -0.349 e. The van der Waals surface area contributed by atoms with Crippen LogP contribution in [0.15, 0.2) is 21.9 Å². The van der Waals surface area contributed by atoms with Crippen molar-refractivity contribution in [1.29, 1.82) is 0 Å². The lowest BCUT2D eigenvalue weighted by Crippen LogP contribution is -2.40. The Balaban J connectivity index is 1.61. The van der Waals surface area contributed by atoms with E-state index in [4.69, 9.17) is 0 Å². The summed E-state index contributed by atoms with van der Waals surface area (Å²) in [5, 5.41) is 3.36. The van der Waals surface area contributed by atoms with E-state index in [1.54, 1.807) is 7.05 Å². The van der Waals surface area contributed by atoms with Crippen molar-refractivity contribution >= 4 is 16.9 Å². The van der Waals surface area contributed by atoms with E-state index in [9.17, 15) is 14.4 Å². The van der Waals surface area contributed by atoms with E-state index in [0.717, 1.165) is 16.4 Å². The Morgan fingerprint density at radius 3 is 2.65 bits per heavy atom. The third-order valence-corrected chi connectivity index (χ3v) is 6.35. The van der Waals surface area contributed by atoms with Crippen LogP contribution in [0.2, 0.25) is 0 Å². The summed E-state index contributed by atoms with van der Waals surface area (Å²) in [6.45, 7) is 2.07. The molecule has 2 aliphatic carbocycles. The molecule has 1 amide bonds. The largest absolute Gasteiger partial charge is 0.349 e. The van der Waals surface area contributed by atoms with Crippen molar-refractivity contribution in [2.24, 2.45) is 31.8 Å². The number of pyridine rings is 1. The number of fused-ring (bicyclic) bond motifs is 3. The second kappa shape index (κ2) is 6.07. The van der Waals surface area contributed by atoms with Gasteiger partial charge in [0.1, 0.15) is 5.65 Å². The molecule has 2 heterocycles. The molecule has 4 rings (SSSR count). The van der Waals surface area contributed by atoms with Crippen LogP contribution in [0.4, 0.5) is 0 Å². The second-order valence-corrected chi connectivity index (χ2v) is 7.90. The molecule has 2 fully saturated rings. The molecular formula is C19H24N4O3. The maximum atomic E-state index is 12.7. The average Bonchev–Trinajstić information content (AvgIpc) is 3.27. The van der Waals surface area contributed by atoms with E-state index in [2.05, 4.69) is 17.2 Å². The Hall–Kier alpha value is -2.44. The van der Waals surface area contributed by atoms with Crippen LogP contribution in [0.1, 0.15) is 43.0 Å². The zero-order valence-corrected chi connectivity index (χ0v) is 15.4. The minimum absolute atomic E-state index is 0.108. The van der Waals surface area contributed by atoms with Gasteiger partial charge < -0.3 is 5.32 Å². The van der Waals surface area contributed by atoms with Crippen molar-refractivity contribution in [3.63, 3.8) is 0 Å². The lowest BCUT2D eigenvalue weighted by atomic mass is 9.84. The molecule has 0 aromatic carbocycles. The monoisotopic (exact) mass is 356 g/mol. The summed E-state index contributed by atoms with van der Waals surface area (Å²) in [4.78, 5) is 41.2. The molecule has 2 saturated carbocycles. The first kappa shape index (κ1) is 17.0. The van der Waals surface area contributed by atoms with Gasteiger partial charge in [-0.3, -0.25) is 18.7 Å². The number of carbonyl (C=O) groups is 1.